The summed E-state index contributed by atoms with van der Waals surface area (Å²) in [5, 5.41) is 3.32. The summed E-state index contributed by atoms with van der Waals surface area (Å²) in [7, 11) is -4.24. The van der Waals surface area contributed by atoms with Gasteiger partial charge in [-0.2, -0.15) is 0 Å². The number of benzene rings is 4. The molecule has 0 heterocycles. The van der Waals surface area contributed by atoms with Crippen molar-refractivity contribution in [2.24, 2.45) is 5.92 Å². The number of sulfonamides is 1. The molecule has 4 rings (SSSR count). The molecule has 0 radical (unpaired) electrons. The van der Waals surface area contributed by atoms with Crippen LogP contribution in [0.15, 0.2) is 108 Å². The van der Waals surface area contributed by atoms with Gasteiger partial charge < -0.3 is 10.2 Å². The van der Waals surface area contributed by atoms with Gasteiger partial charge >= 0.3 is 0 Å². The molecule has 236 valence electrons. The first-order valence-electron chi connectivity index (χ1n) is 14.6. The minimum Gasteiger partial charge on any atom is -0.354 e. The van der Waals surface area contributed by atoms with Crippen LogP contribution >= 0.6 is 11.6 Å². The highest BCUT2D eigenvalue weighted by atomic mass is 35.5. The van der Waals surface area contributed by atoms with Gasteiger partial charge in [0, 0.05) is 24.5 Å². The molecule has 0 aliphatic rings. The van der Waals surface area contributed by atoms with E-state index in [2.05, 4.69) is 5.32 Å². The standard InChI is InChI=1S/C35H37ClFN3O4S/c1-25(2)22-38-35(42)33(21-27-9-5-4-6-10-27)39(23-28-12-16-30(37)17-13-28)34(41)24-40(31-11-7-8-26(3)20-31)45(43,44)32-18-14-29(36)15-19-32/h4-20,25,33H,21-24H2,1-3H3,(H,38,42)/t33-/m0/s1. The van der Waals surface area contributed by atoms with Crippen LogP contribution in [0.3, 0.4) is 0 Å². The number of nitrogens with one attached hydrogen (secondary N) is 1. The van der Waals surface area contributed by atoms with Crippen molar-refractivity contribution in [2.45, 2.75) is 44.7 Å². The third-order valence-electron chi connectivity index (χ3n) is 7.19. The maximum absolute atomic E-state index is 14.4. The van der Waals surface area contributed by atoms with Crippen molar-refractivity contribution in [3.8, 4) is 0 Å². The molecule has 0 fully saturated rings. The van der Waals surface area contributed by atoms with Crippen molar-refractivity contribution >= 4 is 39.1 Å². The van der Waals surface area contributed by atoms with E-state index in [0.29, 0.717) is 22.8 Å². The molecule has 0 aliphatic heterocycles. The molecule has 0 bridgehead atoms. The second-order valence-corrected chi connectivity index (χ2v) is 13.6. The first kappa shape index (κ1) is 33.7. The number of anilines is 1. The predicted molar refractivity (Wildman–Crippen MR) is 176 cm³/mol. The van der Waals surface area contributed by atoms with E-state index < -0.39 is 34.3 Å². The van der Waals surface area contributed by atoms with Gasteiger partial charge in [-0.15, -0.1) is 0 Å². The van der Waals surface area contributed by atoms with E-state index in [1.165, 1.54) is 41.3 Å². The van der Waals surface area contributed by atoms with Crippen LogP contribution in [0, 0.1) is 18.7 Å². The van der Waals surface area contributed by atoms with E-state index >= 15 is 0 Å². The summed E-state index contributed by atoms with van der Waals surface area (Å²) < 4.78 is 43.0. The first-order valence-corrected chi connectivity index (χ1v) is 16.5. The number of hydrogen-bond donors (Lipinski definition) is 1. The third-order valence-corrected chi connectivity index (χ3v) is 9.23. The number of aryl methyl sites for hydroxylation is 1. The molecule has 4 aromatic rings. The summed E-state index contributed by atoms with van der Waals surface area (Å²) in [5.41, 5.74) is 2.50. The summed E-state index contributed by atoms with van der Waals surface area (Å²) in [6.07, 6.45) is 0.187. The van der Waals surface area contributed by atoms with Crippen molar-refractivity contribution in [1.82, 2.24) is 10.2 Å². The molecule has 4 aromatic carbocycles. The Morgan fingerprint density at radius 3 is 2.16 bits per heavy atom. The van der Waals surface area contributed by atoms with Crippen LogP contribution in [0.4, 0.5) is 10.1 Å². The Labute approximate surface area is 269 Å². The van der Waals surface area contributed by atoms with Crippen LogP contribution in [0.1, 0.15) is 30.5 Å². The molecule has 2 amide bonds. The van der Waals surface area contributed by atoms with Crippen LogP contribution in [0.2, 0.25) is 5.02 Å². The number of rotatable bonds is 13. The first-order chi connectivity index (χ1) is 21.4. The van der Waals surface area contributed by atoms with Gasteiger partial charge in [0.05, 0.1) is 10.6 Å². The Balaban J connectivity index is 1.79. The second kappa shape index (κ2) is 15.2. The predicted octanol–water partition coefficient (Wildman–Crippen LogP) is 6.40. The maximum atomic E-state index is 14.4. The lowest BCUT2D eigenvalue weighted by Gasteiger charge is -2.34. The summed E-state index contributed by atoms with van der Waals surface area (Å²) >= 11 is 6.04. The van der Waals surface area contributed by atoms with Crippen molar-refractivity contribution in [2.75, 3.05) is 17.4 Å². The minimum absolute atomic E-state index is 0.0400. The summed E-state index contributed by atoms with van der Waals surface area (Å²) in [6.45, 7) is 5.52. The van der Waals surface area contributed by atoms with Crippen LogP contribution < -0.4 is 9.62 Å². The van der Waals surface area contributed by atoms with Gasteiger partial charge in [0.1, 0.15) is 18.4 Å². The van der Waals surface area contributed by atoms with Crippen molar-refractivity contribution in [3.63, 3.8) is 0 Å². The van der Waals surface area contributed by atoms with Crippen LogP contribution in [-0.4, -0.2) is 44.3 Å². The summed E-state index contributed by atoms with van der Waals surface area (Å²) in [4.78, 5) is 29.6. The van der Waals surface area contributed by atoms with Gasteiger partial charge in [0.15, 0.2) is 0 Å². The zero-order valence-electron chi connectivity index (χ0n) is 25.5. The zero-order valence-corrected chi connectivity index (χ0v) is 27.1. The van der Waals surface area contributed by atoms with Crippen molar-refractivity contribution < 1.29 is 22.4 Å². The molecule has 10 heteroatoms. The molecule has 0 saturated heterocycles. The number of carbonyl (C=O) groups is 2. The molecule has 1 atom stereocenters. The largest absolute Gasteiger partial charge is 0.354 e. The fraction of sp³-hybridized carbons (Fsp3) is 0.257. The Hall–Kier alpha value is -4.21. The van der Waals surface area contributed by atoms with Crippen LogP contribution in [0.5, 0.6) is 0 Å². The van der Waals surface area contributed by atoms with E-state index in [9.17, 15) is 22.4 Å². The SMILES string of the molecule is Cc1cccc(N(CC(=O)N(Cc2ccc(F)cc2)[C@@H](Cc2ccccc2)C(=O)NCC(C)C)S(=O)(=O)c2ccc(Cl)cc2)c1. The maximum Gasteiger partial charge on any atom is 0.264 e. The van der Waals surface area contributed by atoms with Gasteiger partial charge in [0.2, 0.25) is 11.8 Å². The van der Waals surface area contributed by atoms with Crippen molar-refractivity contribution in [3.05, 3.63) is 131 Å². The third kappa shape index (κ3) is 9.15. The topological polar surface area (TPSA) is 86.8 Å². The monoisotopic (exact) mass is 649 g/mol. The number of halogens is 2. The summed E-state index contributed by atoms with van der Waals surface area (Å²) in [5.74, 6) is -1.24. The highest BCUT2D eigenvalue weighted by Crippen LogP contribution is 2.27. The Morgan fingerprint density at radius 2 is 1.53 bits per heavy atom. The fourth-order valence-corrected chi connectivity index (χ4v) is 6.34. The molecule has 0 saturated carbocycles. The Bertz CT molecular complexity index is 1700. The molecule has 7 nitrogen and oxygen atoms in total. The van der Waals surface area contributed by atoms with Gasteiger partial charge in [-0.3, -0.25) is 13.9 Å². The number of hydrogen-bond acceptors (Lipinski definition) is 4. The molecule has 0 aliphatic carbocycles. The molecule has 0 spiro atoms. The molecule has 0 unspecified atom stereocenters. The van der Waals surface area contributed by atoms with E-state index in [-0.39, 0.29) is 29.7 Å². The van der Waals surface area contributed by atoms with E-state index in [1.807, 2.05) is 57.2 Å². The smallest absolute Gasteiger partial charge is 0.264 e. The number of amides is 2. The average molecular weight is 650 g/mol. The van der Waals surface area contributed by atoms with Crippen LogP contribution in [-0.2, 0) is 32.6 Å². The minimum atomic E-state index is -4.24. The normalized spacial score (nSPS) is 12.0. The molecule has 1 N–H and O–H groups in total. The van der Waals surface area contributed by atoms with Gasteiger partial charge in [-0.25, -0.2) is 12.8 Å². The average Bonchev–Trinajstić information content (AvgIpc) is 3.01. The number of nitrogens with zero attached hydrogens (tertiary/aromatic N) is 2. The summed E-state index contributed by atoms with van der Waals surface area (Å²) in [6, 6.07) is 26.5. The highest BCUT2D eigenvalue weighted by Gasteiger charge is 2.34. The van der Waals surface area contributed by atoms with E-state index in [1.54, 1.807) is 30.3 Å². The van der Waals surface area contributed by atoms with Gasteiger partial charge in [-0.1, -0.05) is 80.0 Å². The Kier molecular flexibility index (Phi) is 11.4. The lowest BCUT2D eigenvalue weighted by molar-refractivity contribution is -0.140. The van der Waals surface area contributed by atoms with Crippen molar-refractivity contribution in [1.29, 1.82) is 0 Å². The van der Waals surface area contributed by atoms with Gasteiger partial charge in [0.25, 0.3) is 10.0 Å². The van der Waals surface area contributed by atoms with Gasteiger partial charge in [-0.05, 0) is 78.1 Å². The molecule has 0 aromatic heterocycles. The quantitative estimate of drug-likeness (QED) is 0.182. The second-order valence-electron chi connectivity index (χ2n) is 11.3. The van der Waals surface area contributed by atoms with E-state index in [0.717, 1.165) is 15.4 Å². The molecule has 45 heavy (non-hydrogen) atoms. The molecular weight excluding hydrogens is 613 g/mol. The Morgan fingerprint density at radius 1 is 0.867 bits per heavy atom. The number of carbonyl (C=O) groups excluding carboxylic acids is 2. The highest BCUT2D eigenvalue weighted by molar-refractivity contribution is 7.92. The fourth-order valence-electron chi connectivity index (χ4n) is 4.81. The molecular formula is C35H37ClFN3O4S. The van der Waals surface area contributed by atoms with E-state index in [4.69, 9.17) is 11.6 Å². The van der Waals surface area contributed by atoms with Crippen LogP contribution in [0.25, 0.3) is 0 Å². The zero-order chi connectivity index (χ0) is 32.6. The lowest BCUT2D eigenvalue weighted by atomic mass is 10.0. The lowest BCUT2D eigenvalue weighted by Crippen LogP contribution is -2.53.